The van der Waals surface area contributed by atoms with Crippen LogP contribution in [0.1, 0.15) is 37.4 Å². The number of benzene rings is 2. The third-order valence-electron chi connectivity index (χ3n) is 4.86. The number of furan rings is 1. The summed E-state index contributed by atoms with van der Waals surface area (Å²) < 4.78 is 85.7. The molecule has 0 aliphatic heterocycles. The Hall–Kier alpha value is -2.75. The second-order valence-electron chi connectivity index (χ2n) is 7.73. The fourth-order valence-corrected chi connectivity index (χ4v) is 3.44. The molecular formula is C21H19F6NO3. The molecule has 0 amide bonds. The molecule has 3 rings (SSSR count). The average molecular weight is 447 g/mol. The molecule has 0 aliphatic rings. The minimum atomic E-state index is -4.81. The lowest BCUT2D eigenvalue weighted by molar-refractivity contribution is -0.163. The maximum atomic E-state index is 13.7. The summed E-state index contributed by atoms with van der Waals surface area (Å²) >= 11 is 0. The third-order valence-corrected chi connectivity index (χ3v) is 4.86. The Bertz CT molecular complexity index is 1100. The summed E-state index contributed by atoms with van der Waals surface area (Å²) in [5, 5.41) is 11.8. The molecule has 1 heterocycles. The molecule has 2 N–H and O–H groups in total. The number of halogens is 6. The maximum Gasteiger partial charge on any atom is 0.416 e. The van der Waals surface area contributed by atoms with Crippen LogP contribution in [0.25, 0.3) is 21.9 Å². The average Bonchev–Trinajstić information content (AvgIpc) is 2.99. The number of alkyl halides is 6. The topological polar surface area (TPSA) is 62.5 Å². The van der Waals surface area contributed by atoms with E-state index in [0.29, 0.717) is 0 Å². The number of aliphatic carboxylic acids is 1. The first-order valence-corrected chi connectivity index (χ1v) is 9.36. The summed E-state index contributed by atoms with van der Waals surface area (Å²) in [6.07, 6.45) is -9.41. The number of fused-ring (bicyclic) bond motifs is 3. The van der Waals surface area contributed by atoms with Gasteiger partial charge in [-0.1, -0.05) is 26.0 Å². The Morgan fingerprint density at radius 3 is 2.23 bits per heavy atom. The Morgan fingerprint density at radius 2 is 1.68 bits per heavy atom. The van der Waals surface area contributed by atoms with E-state index < -0.39 is 36.0 Å². The second-order valence-corrected chi connectivity index (χ2v) is 7.73. The predicted molar refractivity (Wildman–Crippen MR) is 102 cm³/mol. The van der Waals surface area contributed by atoms with Crippen LogP contribution in [0.3, 0.4) is 0 Å². The molecule has 0 fully saturated rings. The zero-order valence-electron chi connectivity index (χ0n) is 16.4. The zero-order valence-corrected chi connectivity index (χ0v) is 16.4. The van der Waals surface area contributed by atoms with Crippen LogP contribution in [0.2, 0.25) is 0 Å². The standard InChI is InChI=1S/C21H19F6NO3/c1-10(2)7-15(19(29)30)28-18(21(25,26)27)11-3-5-13-14-9-12(20(22,23)24)4-6-16(14)31-17(13)8-11/h3-6,8-10,15,18,28H,7H2,1-2H3,(H,29,30). The molecule has 10 heteroatoms. The number of carboxylic acid groups (broad SMARTS) is 1. The molecule has 0 radical (unpaired) electrons. The fourth-order valence-electron chi connectivity index (χ4n) is 3.44. The van der Waals surface area contributed by atoms with Gasteiger partial charge in [0, 0.05) is 10.8 Å². The Labute approximate surface area is 172 Å². The number of nitrogens with one attached hydrogen (secondary N) is 1. The van der Waals surface area contributed by atoms with Gasteiger partial charge in [0.15, 0.2) is 0 Å². The molecule has 1 aromatic heterocycles. The number of carboxylic acids is 1. The van der Waals surface area contributed by atoms with E-state index in [1.165, 1.54) is 6.07 Å². The van der Waals surface area contributed by atoms with Crippen molar-refractivity contribution in [3.63, 3.8) is 0 Å². The fraction of sp³-hybridized carbons (Fsp3) is 0.381. The molecule has 2 atom stereocenters. The van der Waals surface area contributed by atoms with E-state index in [2.05, 4.69) is 5.32 Å². The SMILES string of the molecule is CC(C)CC(NC(c1ccc2c(c1)oc1ccc(C(F)(F)F)cc12)C(F)(F)F)C(=O)O. The molecule has 2 unspecified atom stereocenters. The van der Waals surface area contributed by atoms with E-state index in [1.54, 1.807) is 13.8 Å². The molecule has 3 aromatic rings. The van der Waals surface area contributed by atoms with Crippen molar-refractivity contribution in [2.75, 3.05) is 0 Å². The van der Waals surface area contributed by atoms with Crippen LogP contribution in [-0.4, -0.2) is 23.3 Å². The minimum absolute atomic E-state index is 0.0188. The van der Waals surface area contributed by atoms with Gasteiger partial charge in [-0.2, -0.15) is 26.3 Å². The van der Waals surface area contributed by atoms with Crippen LogP contribution in [0.5, 0.6) is 0 Å². The molecule has 0 aliphatic carbocycles. The van der Waals surface area contributed by atoms with Crippen LogP contribution >= 0.6 is 0 Å². The summed E-state index contributed by atoms with van der Waals surface area (Å²) in [6.45, 7) is 3.38. The lowest BCUT2D eigenvalue weighted by atomic mass is 9.99. The van der Waals surface area contributed by atoms with E-state index >= 15 is 0 Å². The van der Waals surface area contributed by atoms with E-state index in [9.17, 15) is 36.2 Å². The number of rotatable bonds is 6. The van der Waals surface area contributed by atoms with Gasteiger partial charge in [-0.05, 0) is 42.2 Å². The van der Waals surface area contributed by atoms with Gasteiger partial charge in [0.25, 0.3) is 0 Å². The lowest BCUT2D eigenvalue weighted by Gasteiger charge is -2.26. The van der Waals surface area contributed by atoms with Crippen molar-refractivity contribution < 1.29 is 40.7 Å². The van der Waals surface area contributed by atoms with Crippen molar-refractivity contribution in [3.8, 4) is 0 Å². The Morgan fingerprint density at radius 1 is 1.00 bits per heavy atom. The van der Waals surface area contributed by atoms with E-state index in [1.807, 2.05) is 0 Å². The van der Waals surface area contributed by atoms with Gasteiger partial charge in [-0.25, -0.2) is 0 Å². The molecular weight excluding hydrogens is 428 g/mol. The molecule has 0 spiro atoms. The molecule has 168 valence electrons. The first kappa shape index (κ1) is 22.9. The first-order chi connectivity index (χ1) is 14.3. The van der Waals surface area contributed by atoms with Crippen LogP contribution in [0, 0.1) is 5.92 Å². The summed E-state index contributed by atoms with van der Waals surface area (Å²) in [5.74, 6) is -1.57. The van der Waals surface area contributed by atoms with Gasteiger partial charge in [0.2, 0.25) is 0 Å². The highest BCUT2D eigenvalue weighted by molar-refractivity contribution is 6.05. The molecule has 4 nitrogen and oxygen atoms in total. The van der Waals surface area contributed by atoms with Crippen LogP contribution in [0.4, 0.5) is 26.3 Å². The smallest absolute Gasteiger partial charge is 0.416 e. The summed E-state index contributed by atoms with van der Waals surface area (Å²) in [6, 6.07) is 2.51. The van der Waals surface area contributed by atoms with Gasteiger partial charge in [0.1, 0.15) is 23.2 Å². The highest BCUT2D eigenvalue weighted by Crippen LogP contribution is 2.39. The quantitative estimate of drug-likeness (QED) is 0.436. The highest BCUT2D eigenvalue weighted by Gasteiger charge is 2.43. The number of carbonyl (C=O) groups is 1. The monoisotopic (exact) mass is 447 g/mol. The van der Waals surface area contributed by atoms with Crippen molar-refractivity contribution in [2.45, 2.75) is 44.7 Å². The predicted octanol–water partition coefficient (Wildman–Crippen LogP) is 6.30. The van der Waals surface area contributed by atoms with Crippen LogP contribution in [-0.2, 0) is 11.0 Å². The van der Waals surface area contributed by atoms with Gasteiger partial charge in [-0.3, -0.25) is 10.1 Å². The number of hydrogen-bond donors (Lipinski definition) is 2. The van der Waals surface area contributed by atoms with Gasteiger partial charge in [-0.15, -0.1) is 0 Å². The molecule has 0 saturated heterocycles. The third kappa shape index (κ3) is 4.95. The van der Waals surface area contributed by atoms with E-state index in [4.69, 9.17) is 4.42 Å². The van der Waals surface area contributed by atoms with Crippen molar-refractivity contribution in [1.29, 1.82) is 0 Å². The maximum absolute atomic E-state index is 13.7. The van der Waals surface area contributed by atoms with Crippen LogP contribution < -0.4 is 5.32 Å². The summed E-state index contributed by atoms with van der Waals surface area (Å²) in [5.41, 5.74) is -1.14. The Balaban J connectivity index is 2.06. The van der Waals surface area contributed by atoms with Crippen molar-refractivity contribution in [2.24, 2.45) is 5.92 Å². The van der Waals surface area contributed by atoms with Gasteiger partial charge < -0.3 is 9.52 Å². The van der Waals surface area contributed by atoms with Crippen LogP contribution in [0.15, 0.2) is 40.8 Å². The zero-order chi connectivity index (χ0) is 23.1. The van der Waals surface area contributed by atoms with Crippen molar-refractivity contribution >= 4 is 27.9 Å². The van der Waals surface area contributed by atoms with E-state index in [0.717, 1.165) is 30.3 Å². The van der Waals surface area contributed by atoms with E-state index in [-0.39, 0.29) is 39.8 Å². The van der Waals surface area contributed by atoms with Crippen molar-refractivity contribution in [1.82, 2.24) is 5.32 Å². The number of hydrogen-bond acceptors (Lipinski definition) is 3. The molecule has 2 aromatic carbocycles. The Kier molecular flexibility index (Phi) is 5.96. The first-order valence-electron chi connectivity index (χ1n) is 9.36. The normalized spacial score (nSPS) is 15.0. The summed E-state index contributed by atoms with van der Waals surface area (Å²) in [7, 11) is 0. The van der Waals surface area contributed by atoms with Crippen molar-refractivity contribution in [3.05, 3.63) is 47.5 Å². The highest BCUT2D eigenvalue weighted by atomic mass is 19.4. The molecule has 0 bridgehead atoms. The molecule has 31 heavy (non-hydrogen) atoms. The van der Waals surface area contributed by atoms with Gasteiger partial charge >= 0.3 is 18.3 Å². The minimum Gasteiger partial charge on any atom is -0.480 e. The largest absolute Gasteiger partial charge is 0.480 e. The second kappa shape index (κ2) is 8.07. The van der Waals surface area contributed by atoms with Gasteiger partial charge in [0.05, 0.1) is 5.56 Å². The lowest BCUT2D eigenvalue weighted by Crippen LogP contribution is -2.45. The molecule has 0 saturated carbocycles. The summed E-state index contributed by atoms with van der Waals surface area (Å²) in [4.78, 5) is 11.4.